The second-order valence-corrected chi connectivity index (χ2v) is 8.15. The van der Waals surface area contributed by atoms with Crippen molar-refractivity contribution in [1.82, 2.24) is 14.5 Å². The van der Waals surface area contributed by atoms with Crippen LogP contribution in [0.3, 0.4) is 0 Å². The van der Waals surface area contributed by atoms with E-state index < -0.39 is 0 Å². The van der Waals surface area contributed by atoms with Gasteiger partial charge in [0, 0.05) is 11.4 Å². The van der Waals surface area contributed by atoms with Crippen molar-refractivity contribution in [2.75, 3.05) is 5.32 Å². The molecule has 132 valence electrons. The molecule has 0 bridgehead atoms. The molecule has 0 fully saturated rings. The van der Waals surface area contributed by atoms with Gasteiger partial charge in [-0.15, -0.1) is 22.7 Å². The second-order valence-electron chi connectivity index (χ2n) is 5.95. The van der Waals surface area contributed by atoms with Gasteiger partial charge in [-0.05, 0) is 32.8 Å². The standard InChI is InChI=1S/C17H20N4O2S2/c1-5-6-7-21-8-18-15-12(16(21)23)9(2)13(25-15)14(22)20-17-19-10(3)11(4)24-17/h8H,5-7H2,1-4H3,(H,19,20,22). The predicted molar refractivity (Wildman–Crippen MR) is 103 cm³/mol. The number of fused-ring (bicyclic) bond motifs is 1. The number of hydrogen-bond acceptors (Lipinski definition) is 6. The molecule has 3 heterocycles. The van der Waals surface area contributed by atoms with Gasteiger partial charge in [-0.25, -0.2) is 9.97 Å². The lowest BCUT2D eigenvalue weighted by Crippen LogP contribution is -2.20. The molecule has 8 heteroatoms. The summed E-state index contributed by atoms with van der Waals surface area (Å²) in [6, 6.07) is 0. The largest absolute Gasteiger partial charge is 0.299 e. The highest BCUT2D eigenvalue weighted by Crippen LogP contribution is 2.28. The molecule has 3 aromatic heterocycles. The summed E-state index contributed by atoms with van der Waals surface area (Å²) in [4.78, 5) is 36.2. The topological polar surface area (TPSA) is 76.9 Å². The first-order valence-corrected chi connectivity index (χ1v) is 9.79. The fraction of sp³-hybridized carbons (Fsp3) is 0.412. The number of aryl methyl sites for hydroxylation is 4. The molecule has 3 rings (SSSR count). The smallest absolute Gasteiger partial charge is 0.267 e. The van der Waals surface area contributed by atoms with E-state index in [2.05, 4.69) is 22.2 Å². The van der Waals surface area contributed by atoms with Crippen LogP contribution in [-0.4, -0.2) is 20.4 Å². The van der Waals surface area contributed by atoms with Crippen LogP contribution in [0.2, 0.25) is 0 Å². The number of unbranched alkanes of at least 4 members (excludes halogenated alkanes) is 1. The summed E-state index contributed by atoms with van der Waals surface area (Å²) in [6.07, 6.45) is 3.51. The average molecular weight is 377 g/mol. The Labute approximate surface area is 153 Å². The molecule has 3 aromatic rings. The number of nitrogens with zero attached hydrogens (tertiary/aromatic N) is 3. The van der Waals surface area contributed by atoms with Crippen molar-refractivity contribution in [2.24, 2.45) is 0 Å². The van der Waals surface area contributed by atoms with Crippen LogP contribution in [0, 0.1) is 20.8 Å². The Morgan fingerprint density at radius 2 is 2.04 bits per heavy atom. The van der Waals surface area contributed by atoms with Crippen LogP contribution in [0.25, 0.3) is 10.2 Å². The normalized spacial score (nSPS) is 11.2. The monoisotopic (exact) mass is 376 g/mol. The number of rotatable bonds is 5. The van der Waals surface area contributed by atoms with E-state index in [1.807, 2.05) is 13.8 Å². The van der Waals surface area contributed by atoms with Crippen LogP contribution in [0.15, 0.2) is 11.1 Å². The number of carbonyl (C=O) groups is 1. The summed E-state index contributed by atoms with van der Waals surface area (Å²) < 4.78 is 1.63. The number of aromatic nitrogens is 3. The molecule has 0 unspecified atom stereocenters. The van der Waals surface area contributed by atoms with Gasteiger partial charge in [0.2, 0.25) is 0 Å². The van der Waals surface area contributed by atoms with Crippen LogP contribution in [0.4, 0.5) is 5.13 Å². The van der Waals surface area contributed by atoms with Crippen molar-refractivity contribution in [2.45, 2.75) is 47.1 Å². The molecule has 0 aliphatic carbocycles. The zero-order chi connectivity index (χ0) is 18.1. The summed E-state index contributed by atoms with van der Waals surface area (Å²) in [6.45, 7) is 8.41. The van der Waals surface area contributed by atoms with E-state index in [0.29, 0.717) is 32.3 Å². The molecule has 1 amide bonds. The molecular weight excluding hydrogens is 356 g/mol. The first-order valence-electron chi connectivity index (χ1n) is 8.16. The minimum absolute atomic E-state index is 0.0767. The summed E-state index contributed by atoms with van der Waals surface area (Å²) >= 11 is 2.69. The molecule has 0 saturated carbocycles. The Morgan fingerprint density at radius 1 is 1.28 bits per heavy atom. The third-order valence-corrected chi connectivity index (χ3v) is 6.31. The Balaban J connectivity index is 1.96. The van der Waals surface area contributed by atoms with Gasteiger partial charge in [-0.1, -0.05) is 13.3 Å². The predicted octanol–water partition coefficient (Wildman–Crippen LogP) is 3.89. The van der Waals surface area contributed by atoms with E-state index in [9.17, 15) is 9.59 Å². The number of carbonyl (C=O) groups excluding carboxylic acids is 1. The molecule has 0 aromatic carbocycles. The third-order valence-electron chi connectivity index (χ3n) is 4.13. The quantitative estimate of drug-likeness (QED) is 0.733. The number of thiazole rings is 1. The molecule has 0 saturated heterocycles. The highest BCUT2D eigenvalue weighted by Gasteiger charge is 2.20. The van der Waals surface area contributed by atoms with E-state index in [0.717, 1.165) is 23.4 Å². The molecule has 6 nitrogen and oxygen atoms in total. The lowest BCUT2D eigenvalue weighted by molar-refractivity contribution is 0.103. The van der Waals surface area contributed by atoms with E-state index in [1.165, 1.54) is 22.7 Å². The van der Waals surface area contributed by atoms with Crippen LogP contribution < -0.4 is 10.9 Å². The highest BCUT2D eigenvalue weighted by atomic mass is 32.1. The second kappa shape index (κ2) is 7.05. The minimum Gasteiger partial charge on any atom is -0.299 e. The lowest BCUT2D eigenvalue weighted by atomic mass is 10.2. The van der Waals surface area contributed by atoms with Crippen LogP contribution in [-0.2, 0) is 6.54 Å². The van der Waals surface area contributed by atoms with Crippen molar-refractivity contribution in [3.63, 3.8) is 0 Å². The third kappa shape index (κ3) is 3.36. The van der Waals surface area contributed by atoms with Crippen molar-refractivity contribution in [1.29, 1.82) is 0 Å². The Morgan fingerprint density at radius 3 is 2.68 bits per heavy atom. The summed E-state index contributed by atoms with van der Waals surface area (Å²) in [5.74, 6) is -0.242. The summed E-state index contributed by atoms with van der Waals surface area (Å²) in [7, 11) is 0. The average Bonchev–Trinajstić information content (AvgIpc) is 3.07. The fourth-order valence-electron chi connectivity index (χ4n) is 2.54. The van der Waals surface area contributed by atoms with Gasteiger partial charge in [0.1, 0.15) is 4.83 Å². The molecule has 0 radical (unpaired) electrons. The van der Waals surface area contributed by atoms with Gasteiger partial charge < -0.3 is 0 Å². The van der Waals surface area contributed by atoms with Crippen molar-refractivity contribution < 1.29 is 4.79 Å². The van der Waals surface area contributed by atoms with Gasteiger partial charge in [0.15, 0.2) is 5.13 Å². The molecular formula is C17H20N4O2S2. The fourth-order valence-corrected chi connectivity index (χ4v) is 4.39. The maximum absolute atomic E-state index is 12.7. The van der Waals surface area contributed by atoms with Crippen LogP contribution >= 0.6 is 22.7 Å². The first-order chi connectivity index (χ1) is 11.9. The van der Waals surface area contributed by atoms with Gasteiger partial charge in [0.25, 0.3) is 11.5 Å². The Bertz CT molecular complexity index is 981. The van der Waals surface area contributed by atoms with E-state index in [1.54, 1.807) is 17.8 Å². The number of amides is 1. The molecule has 0 spiro atoms. The lowest BCUT2D eigenvalue weighted by Gasteiger charge is -2.03. The number of anilines is 1. The highest BCUT2D eigenvalue weighted by molar-refractivity contribution is 7.21. The van der Waals surface area contributed by atoms with Gasteiger partial charge in [-0.3, -0.25) is 19.5 Å². The van der Waals surface area contributed by atoms with Crippen LogP contribution in [0.1, 0.15) is 45.6 Å². The Kier molecular flexibility index (Phi) is 5.01. The zero-order valence-electron chi connectivity index (χ0n) is 14.7. The SMILES string of the molecule is CCCCn1cnc2sc(C(=O)Nc3nc(C)c(C)s3)c(C)c2c1=O. The summed E-state index contributed by atoms with van der Waals surface area (Å²) in [5, 5.41) is 3.95. The number of thiophene rings is 1. The number of nitrogens with one attached hydrogen (secondary N) is 1. The van der Waals surface area contributed by atoms with E-state index >= 15 is 0 Å². The first kappa shape index (κ1) is 17.8. The molecule has 0 aliphatic heterocycles. The molecule has 1 N–H and O–H groups in total. The van der Waals surface area contributed by atoms with Crippen molar-refractivity contribution >= 4 is 43.9 Å². The minimum atomic E-state index is -0.242. The van der Waals surface area contributed by atoms with Crippen molar-refractivity contribution in [3.8, 4) is 0 Å². The van der Waals surface area contributed by atoms with Gasteiger partial charge in [0.05, 0.1) is 22.3 Å². The molecule has 0 aliphatic rings. The molecule has 25 heavy (non-hydrogen) atoms. The van der Waals surface area contributed by atoms with Gasteiger partial charge in [-0.2, -0.15) is 0 Å². The van der Waals surface area contributed by atoms with E-state index in [4.69, 9.17) is 0 Å². The van der Waals surface area contributed by atoms with Crippen molar-refractivity contribution in [3.05, 3.63) is 37.7 Å². The maximum Gasteiger partial charge on any atom is 0.267 e. The number of hydrogen-bond donors (Lipinski definition) is 1. The Hall–Kier alpha value is -2.06. The molecule has 0 atom stereocenters. The zero-order valence-corrected chi connectivity index (χ0v) is 16.3. The van der Waals surface area contributed by atoms with E-state index in [-0.39, 0.29) is 11.5 Å². The van der Waals surface area contributed by atoms with Crippen LogP contribution in [0.5, 0.6) is 0 Å². The van der Waals surface area contributed by atoms with Gasteiger partial charge >= 0.3 is 0 Å². The summed E-state index contributed by atoms with van der Waals surface area (Å²) in [5.41, 5.74) is 1.52. The maximum atomic E-state index is 12.7.